The quantitative estimate of drug-likeness (QED) is 0.487. The third kappa shape index (κ3) is 1.66. The number of nitrogens with zero attached hydrogens (tertiary/aromatic N) is 4. The Morgan fingerprint density at radius 3 is 1.09 bits per heavy atom. The highest BCUT2D eigenvalue weighted by Crippen LogP contribution is 3.25. The normalized spacial score (nSPS) is 37.5. The van der Waals surface area contributed by atoms with Gasteiger partial charge < -0.3 is 4.74 Å². The van der Waals surface area contributed by atoms with Crippen molar-refractivity contribution in [3.63, 3.8) is 0 Å². The second-order valence-corrected chi connectivity index (χ2v) is 14.2. The molecule has 0 amide bonds. The molecule has 176 valence electrons. The Morgan fingerprint density at radius 2 is 0.879 bits per heavy atom. The van der Waals surface area contributed by atoms with Crippen LogP contribution in [0.3, 0.4) is 0 Å². The molecule has 0 aromatic carbocycles. The topological polar surface area (TPSA) is 121 Å². The van der Waals surface area contributed by atoms with Crippen LogP contribution in [0.5, 0.6) is 0 Å². The van der Waals surface area contributed by atoms with E-state index in [0.717, 1.165) is 0 Å². The number of carbonyl (C=O) groups is 1. The third-order valence-corrected chi connectivity index (χ3v) is 9.13. The van der Waals surface area contributed by atoms with Crippen molar-refractivity contribution in [1.82, 2.24) is 0 Å². The SMILES string of the molecule is CC(C)(C)OC(=O)C12C(C#N)(C#N)C(C#N)(C#N)C3(C(C)(C)C)C1(C(C)(C)C)C23C(C)(C)C. The highest BCUT2D eigenvalue weighted by atomic mass is 16.6. The number of hydrogen-bond acceptors (Lipinski definition) is 6. The number of ether oxygens (including phenoxy) is 1. The average Bonchev–Trinajstić information content (AvgIpc) is 3.39. The highest BCUT2D eigenvalue weighted by Gasteiger charge is 3.31. The highest BCUT2D eigenvalue weighted by molar-refractivity contribution is 5.99. The van der Waals surface area contributed by atoms with Gasteiger partial charge in [-0.25, -0.2) is 0 Å². The molecule has 33 heavy (non-hydrogen) atoms. The summed E-state index contributed by atoms with van der Waals surface area (Å²) in [5.74, 6) is -0.643. The van der Waals surface area contributed by atoms with Crippen molar-refractivity contribution in [2.75, 3.05) is 0 Å². The van der Waals surface area contributed by atoms with Gasteiger partial charge in [0.25, 0.3) is 0 Å². The minimum Gasteiger partial charge on any atom is -0.459 e. The van der Waals surface area contributed by atoms with Crippen LogP contribution in [-0.2, 0) is 9.53 Å². The molecule has 0 aliphatic heterocycles. The predicted octanol–water partition coefficient (Wildman–Crippen LogP) is 5.52. The van der Waals surface area contributed by atoms with Crippen molar-refractivity contribution in [1.29, 1.82) is 21.0 Å². The van der Waals surface area contributed by atoms with E-state index in [1.165, 1.54) is 0 Å². The van der Waals surface area contributed by atoms with Crippen LogP contribution < -0.4 is 0 Å². The summed E-state index contributed by atoms with van der Waals surface area (Å²) in [5.41, 5.74) is -11.6. The molecule has 0 radical (unpaired) electrons. The van der Waals surface area contributed by atoms with E-state index in [1.54, 1.807) is 20.8 Å². The first-order valence-corrected chi connectivity index (χ1v) is 11.5. The lowest BCUT2D eigenvalue weighted by Gasteiger charge is -2.49. The van der Waals surface area contributed by atoms with E-state index in [9.17, 15) is 25.8 Å². The molecule has 4 rings (SSSR count). The number of esters is 1. The molecule has 2 atom stereocenters. The molecule has 4 saturated carbocycles. The first-order chi connectivity index (χ1) is 14.6. The molecule has 4 aliphatic rings. The van der Waals surface area contributed by atoms with Crippen molar-refractivity contribution in [3.05, 3.63) is 0 Å². The Morgan fingerprint density at radius 1 is 0.576 bits per heavy atom. The number of carbonyl (C=O) groups excluding carboxylic acids is 1. The van der Waals surface area contributed by atoms with Crippen LogP contribution in [-0.4, -0.2) is 11.6 Å². The van der Waals surface area contributed by atoms with E-state index >= 15 is 0 Å². The monoisotopic (exact) mass is 448 g/mol. The summed E-state index contributed by atoms with van der Waals surface area (Å²) in [7, 11) is 0. The Bertz CT molecular complexity index is 1070. The minimum absolute atomic E-state index is 0.612. The molecular formula is C27H36N4O2. The van der Waals surface area contributed by atoms with Gasteiger partial charge in [-0.15, -0.1) is 0 Å². The smallest absolute Gasteiger partial charge is 0.316 e. The molecule has 0 saturated heterocycles. The van der Waals surface area contributed by atoms with Crippen LogP contribution in [0.4, 0.5) is 0 Å². The Labute approximate surface area is 198 Å². The molecule has 0 aromatic rings. The van der Waals surface area contributed by atoms with Crippen LogP contribution in [0.1, 0.15) is 83.1 Å². The Balaban J connectivity index is 2.72. The van der Waals surface area contributed by atoms with Crippen molar-refractivity contribution in [2.24, 2.45) is 48.7 Å². The van der Waals surface area contributed by atoms with E-state index in [1.807, 2.05) is 62.3 Å². The second-order valence-electron chi connectivity index (χ2n) is 14.2. The summed E-state index contributed by atoms with van der Waals surface area (Å²) >= 11 is 0. The molecule has 6 heteroatoms. The molecule has 6 nitrogen and oxygen atoms in total. The van der Waals surface area contributed by atoms with Crippen LogP contribution in [0.2, 0.25) is 0 Å². The summed E-state index contributed by atoms with van der Waals surface area (Å²) in [4.78, 5) is 14.3. The largest absolute Gasteiger partial charge is 0.459 e. The van der Waals surface area contributed by atoms with Crippen LogP contribution >= 0.6 is 0 Å². The lowest BCUT2D eigenvalue weighted by Crippen LogP contribution is -2.52. The van der Waals surface area contributed by atoms with E-state index in [-0.39, 0.29) is 0 Å². The summed E-state index contributed by atoms with van der Waals surface area (Å²) < 4.78 is 5.96. The molecule has 4 fully saturated rings. The molecule has 0 spiro atoms. The average molecular weight is 449 g/mol. The third-order valence-electron chi connectivity index (χ3n) is 9.13. The maximum atomic E-state index is 14.3. The van der Waals surface area contributed by atoms with Gasteiger partial charge in [-0.1, -0.05) is 62.3 Å². The van der Waals surface area contributed by atoms with E-state index in [2.05, 4.69) is 24.3 Å². The van der Waals surface area contributed by atoms with Crippen LogP contribution in [0.15, 0.2) is 0 Å². The molecule has 0 heterocycles. The summed E-state index contributed by atoms with van der Waals surface area (Å²) in [6.45, 7) is 23.1. The van der Waals surface area contributed by atoms with E-state index in [4.69, 9.17) is 4.74 Å². The number of rotatable bonds is 1. The fourth-order valence-electron chi connectivity index (χ4n) is 9.91. The molecule has 0 aromatic heterocycles. The molecule has 4 aliphatic carbocycles. The van der Waals surface area contributed by atoms with Gasteiger partial charge in [-0.3, -0.25) is 4.79 Å². The number of fused-ring (bicyclic) bond motifs is 1. The summed E-state index contributed by atoms with van der Waals surface area (Å²) in [6, 6.07) is 8.65. The van der Waals surface area contributed by atoms with Gasteiger partial charge in [-0.2, -0.15) is 21.0 Å². The van der Waals surface area contributed by atoms with Crippen molar-refractivity contribution >= 4 is 5.97 Å². The van der Waals surface area contributed by atoms with Gasteiger partial charge in [0.05, 0.1) is 24.3 Å². The Kier molecular flexibility index (Phi) is 4.22. The van der Waals surface area contributed by atoms with Crippen LogP contribution in [0, 0.1) is 94.1 Å². The van der Waals surface area contributed by atoms with Gasteiger partial charge in [0, 0.05) is 16.2 Å². The summed E-state index contributed by atoms with van der Waals surface area (Å²) in [5, 5.41) is 42.8. The molecule has 0 N–H and O–H groups in total. The lowest BCUT2D eigenvalue weighted by atomic mass is 9.51. The lowest BCUT2D eigenvalue weighted by molar-refractivity contribution is -0.176. The predicted molar refractivity (Wildman–Crippen MR) is 121 cm³/mol. The molecule has 2 unspecified atom stereocenters. The second kappa shape index (κ2) is 5.56. The fourth-order valence-corrected chi connectivity index (χ4v) is 9.91. The number of hydrogen-bond donors (Lipinski definition) is 0. The van der Waals surface area contributed by atoms with Gasteiger partial charge in [0.2, 0.25) is 0 Å². The number of nitriles is 4. The van der Waals surface area contributed by atoms with Crippen molar-refractivity contribution in [3.8, 4) is 24.3 Å². The van der Waals surface area contributed by atoms with Gasteiger partial charge >= 0.3 is 5.97 Å². The van der Waals surface area contributed by atoms with Crippen LogP contribution in [0.25, 0.3) is 0 Å². The zero-order chi connectivity index (χ0) is 26.1. The standard InChI is InChI=1S/C27H36N4O2/c1-18(2,3)25-23(15-30,16-31)22(13-28,14-29)24(17(32)33-21(10,11)12)26(25,19(4,5)6)27(24,25)20(7,8)9/h1-12H3. The first-order valence-electron chi connectivity index (χ1n) is 11.5. The first kappa shape index (κ1) is 25.1. The van der Waals surface area contributed by atoms with Gasteiger partial charge in [0.15, 0.2) is 10.8 Å². The fraction of sp³-hybridized carbons (Fsp3) is 0.815. The zero-order valence-corrected chi connectivity index (χ0v) is 22.1. The molecular weight excluding hydrogens is 412 g/mol. The minimum atomic E-state index is -2.18. The maximum absolute atomic E-state index is 14.3. The van der Waals surface area contributed by atoms with E-state index < -0.39 is 60.3 Å². The Hall–Kier alpha value is -2.57. The van der Waals surface area contributed by atoms with E-state index in [0.29, 0.717) is 0 Å². The van der Waals surface area contributed by atoms with Gasteiger partial charge in [-0.05, 0) is 37.0 Å². The van der Waals surface area contributed by atoms with Gasteiger partial charge in [0.1, 0.15) is 11.0 Å². The molecule has 2 bridgehead atoms. The maximum Gasteiger partial charge on any atom is 0.316 e. The van der Waals surface area contributed by atoms with Crippen molar-refractivity contribution in [2.45, 2.75) is 88.7 Å². The summed E-state index contributed by atoms with van der Waals surface area (Å²) in [6.07, 6.45) is 0. The zero-order valence-electron chi connectivity index (χ0n) is 22.1. The van der Waals surface area contributed by atoms with Crippen molar-refractivity contribution < 1.29 is 9.53 Å².